The summed E-state index contributed by atoms with van der Waals surface area (Å²) in [6.45, 7) is 3.09. The number of thiazole rings is 1. The molecule has 3 rings (SSSR count). The number of aromatic nitrogens is 1. The Morgan fingerprint density at radius 3 is 2.52 bits per heavy atom. The Labute approximate surface area is 192 Å². The number of amides is 1. The molecule has 0 unspecified atom stereocenters. The second-order valence-electron chi connectivity index (χ2n) is 7.65. The normalized spacial score (nSPS) is 11.9. The number of likely N-dealkylation sites (N-methyl/N-ethyl adjacent to an activating group) is 1. The Bertz CT molecular complexity index is 1160. The van der Waals surface area contributed by atoms with Crippen LogP contribution >= 0.6 is 22.9 Å². The summed E-state index contributed by atoms with van der Waals surface area (Å²) in [4.78, 5) is 21.7. The summed E-state index contributed by atoms with van der Waals surface area (Å²) >= 11 is 7.60. The van der Waals surface area contributed by atoms with Gasteiger partial charge < -0.3 is 4.90 Å². The van der Waals surface area contributed by atoms with E-state index in [1.165, 1.54) is 11.3 Å². The number of nitrogens with zero attached hydrogens (tertiary/aromatic N) is 3. The zero-order valence-corrected chi connectivity index (χ0v) is 20.2. The van der Waals surface area contributed by atoms with Gasteiger partial charge >= 0.3 is 0 Å². The molecule has 0 atom stereocenters. The molecule has 6 nitrogen and oxygen atoms in total. The van der Waals surface area contributed by atoms with E-state index in [1.807, 2.05) is 38.1 Å². The van der Waals surface area contributed by atoms with Gasteiger partial charge in [0, 0.05) is 24.5 Å². The lowest BCUT2D eigenvalue weighted by Gasteiger charge is -2.22. The minimum absolute atomic E-state index is 0.0706. The molecule has 9 heteroatoms. The molecule has 0 bridgehead atoms. The Morgan fingerprint density at radius 1 is 1.13 bits per heavy atom. The molecule has 1 amide bonds. The summed E-state index contributed by atoms with van der Waals surface area (Å²) < 4.78 is 25.9. The zero-order valence-electron chi connectivity index (χ0n) is 17.8. The maximum Gasteiger partial charge on any atom is 0.228 e. The average molecular weight is 480 g/mol. The number of anilines is 1. The first-order chi connectivity index (χ1) is 14.7. The van der Waals surface area contributed by atoms with Crippen LogP contribution in [0.3, 0.4) is 0 Å². The van der Waals surface area contributed by atoms with Crippen LogP contribution in [0, 0.1) is 6.92 Å². The highest BCUT2D eigenvalue weighted by Gasteiger charge is 2.22. The fraction of sp³-hybridized carbons (Fsp3) is 0.364. The Hall–Kier alpha value is -2.00. The van der Waals surface area contributed by atoms with E-state index >= 15 is 0 Å². The average Bonchev–Trinajstić information content (AvgIpc) is 3.12. The van der Waals surface area contributed by atoms with E-state index in [-0.39, 0.29) is 29.4 Å². The molecule has 0 aliphatic heterocycles. The zero-order chi connectivity index (χ0) is 22.6. The van der Waals surface area contributed by atoms with Gasteiger partial charge in [-0.25, -0.2) is 13.4 Å². The number of carbonyl (C=O) groups is 1. The van der Waals surface area contributed by atoms with E-state index in [0.717, 1.165) is 15.8 Å². The van der Waals surface area contributed by atoms with Gasteiger partial charge in [-0.2, -0.15) is 0 Å². The topological polar surface area (TPSA) is 70.6 Å². The van der Waals surface area contributed by atoms with Gasteiger partial charge in [0.1, 0.15) is 0 Å². The monoisotopic (exact) mass is 479 g/mol. The fourth-order valence-corrected chi connectivity index (χ4v) is 5.97. The van der Waals surface area contributed by atoms with Gasteiger partial charge in [0.05, 0.1) is 20.9 Å². The minimum atomic E-state index is -3.41. The third-order valence-corrected chi connectivity index (χ3v) is 7.91. The summed E-state index contributed by atoms with van der Waals surface area (Å²) in [5, 5.41) is 1.25. The van der Waals surface area contributed by atoms with Crippen LogP contribution in [0.1, 0.15) is 18.4 Å². The largest absolute Gasteiger partial charge is 0.308 e. The summed E-state index contributed by atoms with van der Waals surface area (Å²) in [6.07, 6.45) is 0.388. The highest BCUT2D eigenvalue weighted by Crippen LogP contribution is 2.33. The first-order valence-electron chi connectivity index (χ1n) is 9.97. The molecule has 0 fully saturated rings. The van der Waals surface area contributed by atoms with Crippen molar-refractivity contribution in [3.05, 3.63) is 53.1 Å². The summed E-state index contributed by atoms with van der Waals surface area (Å²) in [7, 11) is 0.474. The lowest BCUT2D eigenvalue weighted by Crippen LogP contribution is -2.36. The molecule has 3 aromatic rings. The lowest BCUT2D eigenvalue weighted by molar-refractivity contribution is -0.118. The van der Waals surface area contributed by atoms with Crippen molar-refractivity contribution in [2.24, 2.45) is 0 Å². The van der Waals surface area contributed by atoms with Crippen LogP contribution in [-0.4, -0.2) is 57.1 Å². The van der Waals surface area contributed by atoms with E-state index in [2.05, 4.69) is 4.98 Å². The second kappa shape index (κ2) is 10.1. The predicted molar refractivity (Wildman–Crippen MR) is 128 cm³/mol. The number of rotatable bonds is 9. The lowest BCUT2D eigenvalue weighted by atomic mass is 10.2. The van der Waals surface area contributed by atoms with Gasteiger partial charge in [0.15, 0.2) is 15.0 Å². The summed E-state index contributed by atoms with van der Waals surface area (Å²) in [5.74, 6) is -0.202. The van der Waals surface area contributed by atoms with E-state index < -0.39 is 9.84 Å². The molecular weight excluding hydrogens is 454 g/mol. The number of fused-ring (bicyclic) bond motifs is 1. The van der Waals surface area contributed by atoms with Gasteiger partial charge in [0.2, 0.25) is 5.91 Å². The molecule has 1 aromatic heterocycles. The molecule has 0 N–H and O–H groups in total. The van der Waals surface area contributed by atoms with Gasteiger partial charge in [-0.15, -0.1) is 0 Å². The van der Waals surface area contributed by atoms with E-state index in [4.69, 9.17) is 11.6 Å². The number of carbonyl (C=O) groups excluding carboxylic acids is 1. The van der Waals surface area contributed by atoms with Crippen LogP contribution in [0.5, 0.6) is 0 Å². The van der Waals surface area contributed by atoms with Crippen molar-refractivity contribution in [3.8, 4) is 0 Å². The maximum atomic E-state index is 13.1. The summed E-state index contributed by atoms with van der Waals surface area (Å²) in [6, 6.07) is 12.0. The highest BCUT2D eigenvalue weighted by atomic mass is 35.5. The van der Waals surface area contributed by atoms with Gasteiger partial charge in [-0.05, 0) is 57.3 Å². The Kier molecular flexibility index (Phi) is 7.69. The van der Waals surface area contributed by atoms with Crippen LogP contribution in [0.25, 0.3) is 10.2 Å². The van der Waals surface area contributed by atoms with Crippen molar-refractivity contribution in [2.75, 3.05) is 37.8 Å². The number of aryl methyl sites for hydroxylation is 1. The van der Waals surface area contributed by atoms with E-state index in [1.54, 1.807) is 35.2 Å². The van der Waals surface area contributed by atoms with Crippen molar-refractivity contribution in [3.63, 3.8) is 0 Å². The number of sulfone groups is 1. The van der Waals surface area contributed by atoms with E-state index in [9.17, 15) is 13.2 Å². The third-order valence-electron chi connectivity index (χ3n) is 4.85. The van der Waals surface area contributed by atoms with Crippen LogP contribution in [0.2, 0.25) is 5.02 Å². The smallest absolute Gasteiger partial charge is 0.228 e. The van der Waals surface area contributed by atoms with Gasteiger partial charge in [0.25, 0.3) is 0 Å². The molecule has 0 aliphatic carbocycles. The standard InChI is InChI=1S/C22H26ClN3O3S2/c1-16-14-17(23)15-19-21(16)24-22(30-19)26(12-11-25(2)3)20(27)10-7-13-31(28,29)18-8-5-4-6-9-18/h4-6,8-9,14-15H,7,10-13H2,1-3H3. The molecule has 2 aromatic carbocycles. The van der Waals surface area contributed by atoms with Crippen molar-refractivity contribution in [2.45, 2.75) is 24.7 Å². The minimum Gasteiger partial charge on any atom is -0.308 e. The number of halogens is 1. The molecule has 0 saturated heterocycles. The molecule has 1 heterocycles. The molecule has 31 heavy (non-hydrogen) atoms. The number of hydrogen-bond donors (Lipinski definition) is 0. The van der Waals surface area contributed by atoms with Crippen molar-refractivity contribution < 1.29 is 13.2 Å². The fourth-order valence-electron chi connectivity index (χ4n) is 3.18. The summed E-state index contributed by atoms with van der Waals surface area (Å²) in [5.41, 5.74) is 1.79. The third kappa shape index (κ3) is 6.04. The molecule has 0 aliphatic rings. The Morgan fingerprint density at radius 2 is 1.84 bits per heavy atom. The highest BCUT2D eigenvalue weighted by molar-refractivity contribution is 7.91. The number of hydrogen-bond acceptors (Lipinski definition) is 6. The van der Waals surface area contributed by atoms with Crippen LogP contribution in [0.4, 0.5) is 5.13 Å². The first-order valence-corrected chi connectivity index (χ1v) is 12.8. The molecule has 0 radical (unpaired) electrons. The molecular formula is C22H26ClN3O3S2. The van der Waals surface area contributed by atoms with Crippen molar-refractivity contribution >= 4 is 54.0 Å². The Balaban J connectivity index is 1.76. The molecule has 0 saturated carbocycles. The van der Waals surface area contributed by atoms with Crippen molar-refractivity contribution in [1.82, 2.24) is 9.88 Å². The van der Waals surface area contributed by atoms with Gasteiger partial charge in [-0.1, -0.05) is 41.1 Å². The van der Waals surface area contributed by atoms with E-state index in [0.29, 0.717) is 23.2 Å². The predicted octanol–water partition coefficient (Wildman–Crippen LogP) is 4.41. The molecule has 166 valence electrons. The van der Waals surface area contributed by atoms with Crippen LogP contribution < -0.4 is 4.90 Å². The van der Waals surface area contributed by atoms with Gasteiger partial charge in [-0.3, -0.25) is 9.69 Å². The maximum absolute atomic E-state index is 13.1. The molecule has 0 spiro atoms. The van der Waals surface area contributed by atoms with Crippen LogP contribution in [0.15, 0.2) is 47.4 Å². The second-order valence-corrected chi connectivity index (χ2v) is 11.2. The van der Waals surface area contributed by atoms with Crippen LogP contribution in [-0.2, 0) is 14.6 Å². The SMILES string of the molecule is Cc1cc(Cl)cc2sc(N(CCN(C)C)C(=O)CCCS(=O)(=O)c3ccccc3)nc12. The number of benzene rings is 2. The van der Waals surface area contributed by atoms with Crippen molar-refractivity contribution in [1.29, 1.82) is 0 Å². The quantitative estimate of drug-likeness (QED) is 0.454. The first kappa shape index (κ1) is 23.7.